The van der Waals surface area contributed by atoms with Crippen molar-refractivity contribution in [2.75, 3.05) is 11.9 Å². The number of nitrogens with zero attached hydrogens (tertiary/aromatic N) is 1. The molecule has 1 heterocycles. The molecule has 3 N–H and O–H groups in total. The smallest absolute Gasteiger partial charge is 0.325 e. The number of anilines is 1. The third-order valence-corrected chi connectivity index (χ3v) is 7.19. The number of rotatable bonds is 9. The molecule has 0 radical (unpaired) electrons. The molecule has 0 saturated carbocycles. The van der Waals surface area contributed by atoms with Crippen LogP contribution in [0, 0.1) is 3.57 Å². The van der Waals surface area contributed by atoms with Gasteiger partial charge in [-0.3, -0.25) is 9.59 Å². The van der Waals surface area contributed by atoms with Crippen molar-refractivity contribution >= 4 is 57.7 Å². The summed E-state index contributed by atoms with van der Waals surface area (Å²) in [5.74, 6) is -1.06. The number of aliphatic hydroxyl groups is 1. The zero-order chi connectivity index (χ0) is 27.4. The van der Waals surface area contributed by atoms with Gasteiger partial charge in [0.1, 0.15) is 24.4 Å². The lowest BCUT2D eigenvalue weighted by Gasteiger charge is -2.30. The third-order valence-electron chi connectivity index (χ3n) is 6.21. The van der Waals surface area contributed by atoms with Crippen LogP contribution in [-0.2, 0) is 9.59 Å². The molecule has 198 valence electrons. The van der Waals surface area contributed by atoms with E-state index < -0.39 is 42.0 Å². The Morgan fingerprint density at radius 1 is 1.11 bits per heavy atom. The molecule has 38 heavy (non-hydrogen) atoms. The SMILES string of the molecule is C[C@@H](O)COc1ccc([C@H]2NC(=O)N(C(C(=O)Nc3ccc(I)cc3Cl)[C@@H](C)c3ccccc3)C2=O)cc1. The lowest BCUT2D eigenvalue weighted by Crippen LogP contribution is -2.50. The predicted octanol–water partition coefficient (Wildman–Crippen LogP) is 5.11. The number of hydrogen-bond donors (Lipinski definition) is 3. The number of imide groups is 1. The van der Waals surface area contributed by atoms with Gasteiger partial charge in [0, 0.05) is 9.49 Å². The Kier molecular flexibility index (Phi) is 8.91. The minimum Gasteiger partial charge on any atom is -0.491 e. The predicted molar refractivity (Wildman–Crippen MR) is 153 cm³/mol. The molecule has 10 heteroatoms. The Bertz CT molecular complexity index is 1320. The number of carbonyl (C=O) groups is 3. The van der Waals surface area contributed by atoms with Crippen molar-refractivity contribution in [3.05, 3.63) is 92.5 Å². The van der Waals surface area contributed by atoms with Crippen LogP contribution in [0.5, 0.6) is 5.75 Å². The molecule has 3 aromatic carbocycles. The molecule has 0 spiro atoms. The average molecular weight is 648 g/mol. The zero-order valence-corrected chi connectivity index (χ0v) is 23.6. The van der Waals surface area contributed by atoms with Crippen molar-refractivity contribution in [1.29, 1.82) is 0 Å². The number of carbonyl (C=O) groups excluding carboxylic acids is 3. The number of hydrogen-bond acceptors (Lipinski definition) is 5. The molecule has 8 nitrogen and oxygen atoms in total. The lowest BCUT2D eigenvalue weighted by molar-refractivity contribution is -0.134. The van der Waals surface area contributed by atoms with Gasteiger partial charge in [-0.15, -0.1) is 0 Å². The molecule has 0 bridgehead atoms. The van der Waals surface area contributed by atoms with Crippen molar-refractivity contribution in [1.82, 2.24) is 10.2 Å². The van der Waals surface area contributed by atoms with E-state index in [2.05, 4.69) is 33.2 Å². The number of aliphatic hydroxyl groups excluding tert-OH is 1. The van der Waals surface area contributed by atoms with Crippen LogP contribution in [0.2, 0.25) is 5.02 Å². The number of urea groups is 1. The normalized spacial score (nSPS) is 17.5. The molecule has 1 unspecified atom stereocenters. The lowest BCUT2D eigenvalue weighted by atomic mass is 9.91. The molecule has 1 saturated heterocycles. The maximum atomic E-state index is 13.7. The Hall–Kier alpha value is -3.15. The largest absolute Gasteiger partial charge is 0.491 e. The molecular weight excluding hydrogens is 621 g/mol. The quantitative estimate of drug-likeness (QED) is 0.221. The van der Waals surface area contributed by atoms with Gasteiger partial charge in [-0.05, 0) is 71.0 Å². The van der Waals surface area contributed by atoms with Gasteiger partial charge >= 0.3 is 6.03 Å². The molecule has 1 aliphatic rings. The van der Waals surface area contributed by atoms with E-state index in [-0.39, 0.29) is 6.61 Å². The van der Waals surface area contributed by atoms with Crippen molar-refractivity contribution in [2.45, 2.75) is 38.0 Å². The Labute approximate surface area is 239 Å². The number of benzene rings is 3. The molecule has 1 aliphatic heterocycles. The molecule has 4 atom stereocenters. The molecule has 1 fully saturated rings. The summed E-state index contributed by atoms with van der Waals surface area (Å²) in [5, 5.41) is 15.3. The van der Waals surface area contributed by atoms with Crippen LogP contribution >= 0.6 is 34.2 Å². The zero-order valence-electron chi connectivity index (χ0n) is 20.7. The van der Waals surface area contributed by atoms with E-state index >= 15 is 0 Å². The van der Waals surface area contributed by atoms with Gasteiger partial charge in [0.15, 0.2) is 0 Å². The van der Waals surface area contributed by atoms with Crippen molar-refractivity contribution in [2.24, 2.45) is 0 Å². The van der Waals surface area contributed by atoms with Gasteiger partial charge in [-0.2, -0.15) is 0 Å². The minimum atomic E-state index is -1.14. The van der Waals surface area contributed by atoms with E-state index in [1.807, 2.05) is 30.3 Å². The molecular formula is C28H27ClIN3O5. The minimum absolute atomic E-state index is 0.130. The average Bonchev–Trinajstić information content (AvgIpc) is 3.19. The molecule has 0 aromatic heterocycles. The van der Waals surface area contributed by atoms with Gasteiger partial charge in [-0.25, -0.2) is 9.69 Å². The molecule has 3 aromatic rings. The van der Waals surface area contributed by atoms with Gasteiger partial charge in [-0.1, -0.05) is 61.0 Å². The van der Waals surface area contributed by atoms with Gasteiger partial charge in [0.2, 0.25) is 5.91 Å². The summed E-state index contributed by atoms with van der Waals surface area (Å²) in [7, 11) is 0. The Morgan fingerprint density at radius 3 is 2.42 bits per heavy atom. The van der Waals surface area contributed by atoms with Crippen molar-refractivity contribution in [3.8, 4) is 5.75 Å². The summed E-state index contributed by atoms with van der Waals surface area (Å²) in [5.41, 5.74) is 1.73. The van der Waals surface area contributed by atoms with Crippen LogP contribution in [0.15, 0.2) is 72.8 Å². The number of ether oxygens (including phenoxy) is 1. The fourth-order valence-corrected chi connectivity index (χ4v) is 5.16. The first-order valence-corrected chi connectivity index (χ1v) is 13.5. The third kappa shape index (κ3) is 6.28. The van der Waals surface area contributed by atoms with Crippen LogP contribution in [0.3, 0.4) is 0 Å². The van der Waals surface area contributed by atoms with Crippen LogP contribution in [0.1, 0.15) is 36.9 Å². The first kappa shape index (κ1) is 27.9. The summed E-state index contributed by atoms with van der Waals surface area (Å²) >= 11 is 8.46. The van der Waals surface area contributed by atoms with Crippen LogP contribution in [-0.4, -0.2) is 46.6 Å². The van der Waals surface area contributed by atoms with E-state index in [0.717, 1.165) is 14.0 Å². The summed E-state index contributed by atoms with van der Waals surface area (Å²) < 4.78 is 6.38. The number of halogens is 2. The number of amides is 4. The van der Waals surface area contributed by atoms with Gasteiger partial charge in [0.05, 0.1) is 16.8 Å². The highest BCUT2D eigenvalue weighted by Gasteiger charge is 2.47. The molecule has 4 amide bonds. The van der Waals surface area contributed by atoms with Crippen molar-refractivity contribution < 1.29 is 24.2 Å². The van der Waals surface area contributed by atoms with Gasteiger partial charge < -0.3 is 20.5 Å². The Balaban J connectivity index is 1.63. The highest BCUT2D eigenvalue weighted by molar-refractivity contribution is 14.1. The summed E-state index contributed by atoms with van der Waals surface area (Å²) in [6, 6.07) is 18.3. The maximum Gasteiger partial charge on any atom is 0.325 e. The Morgan fingerprint density at radius 2 is 1.79 bits per heavy atom. The second-order valence-electron chi connectivity index (χ2n) is 9.08. The fraction of sp³-hybridized carbons (Fsp3) is 0.250. The maximum absolute atomic E-state index is 13.7. The van der Waals surface area contributed by atoms with E-state index in [4.69, 9.17) is 16.3 Å². The van der Waals surface area contributed by atoms with E-state index in [1.165, 1.54) is 0 Å². The van der Waals surface area contributed by atoms with E-state index in [0.29, 0.717) is 22.0 Å². The van der Waals surface area contributed by atoms with Gasteiger partial charge in [0.25, 0.3) is 5.91 Å². The van der Waals surface area contributed by atoms with Crippen molar-refractivity contribution in [3.63, 3.8) is 0 Å². The first-order chi connectivity index (χ1) is 18.2. The summed E-state index contributed by atoms with van der Waals surface area (Å²) in [6.07, 6.45) is -0.622. The first-order valence-electron chi connectivity index (χ1n) is 12.0. The summed E-state index contributed by atoms with van der Waals surface area (Å²) in [6.45, 7) is 3.55. The van der Waals surface area contributed by atoms with Crippen LogP contribution in [0.4, 0.5) is 10.5 Å². The van der Waals surface area contributed by atoms with E-state index in [1.54, 1.807) is 56.3 Å². The fourth-order valence-electron chi connectivity index (χ4n) is 4.26. The second kappa shape index (κ2) is 12.1. The highest BCUT2D eigenvalue weighted by Crippen LogP contribution is 2.32. The van der Waals surface area contributed by atoms with Crippen LogP contribution in [0.25, 0.3) is 0 Å². The van der Waals surface area contributed by atoms with E-state index in [9.17, 15) is 19.5 Å². The highest BCUT2D eigenvalue weighted by atomic mass is 127. The molecule has 4 rings (SSSR count). The molecule has 0 aliphatic carbocycles. The second-order valence-corrected chi connectivity index (χ2v) is 10.7. The summed E-state index contributed by atoms with van der Waals surface area (Å²) in [4.78, 5) is 41.5. The monoisotopic (exact) mass is 647 g/mol. The number of nitrogens with one attached hydrogen (secondary N) is 2. The topological polar surface area (TPSA) is 108 Å². The van der Waals surface area contributed by atoms with Crippen LogP contribution < -0.4 is 15.4 Å². The standard InChI is InChI=1S/C28H27ClIN3O5/c1-16(34)15-38-21-11-8-19(9-12-21)24-27(36)33(28(37)32-24)25(17(2)18-6-4-3-5-7-18)26(35)31-23-13-10-20(30)14-22(23)29/h3-14,16-17,24-25,34H,15H2,1-2H3,(H,31,35)(H,32,37)/t16-,17+,24-,25?/m1/s1.